The monoisotopic (exact) mass is 316 g/mol. The summed E-state index contributed by atoms with van der Waals surface area (Å²) in [6.07, 6.45) is -0.144. The van der Waals surface area contributed by atoms with Crippen LogP contribution in [-0.2, 0) is 16.0 Å². The van der Waals surface area contributed by atoms with E-state index in [4.69, 9.17) is 10.00 Å². The van der Waals surface area contributed by atoms with Crippen LogP contribution in [0.1, 0.15) is 50.4 Å². The number of carbonyl (C=O) groups is 2. The summed E-state index contributed by atoms with van der Waals surface area (Å²) < 4.78 is 5.36. The van der Waals surface area contributed by atoms with Gasteiger partial charge in [-0.25, -0.2) is 9.59 Å². The third-order valence-electron chi connectivity index (χ3n) is 3.68. The van der Waals surface area contributed by atoms with E-state index in [0.29, 0.717) is 17.5 Å². The minimum absolute atomic E-state index is 0.314. The second kappa shape index (κ2) is 5.92. The summed E-state index contributed by atoms with van der Waals surface area (Å²) in [6, 6.07) is 5.49. The summed E-state index contributed by atoms with van der Waals surface area (Å²) in [5.41, 5.74) is 0.965. The summed E-state index contributed by atoms with van der Waals surface area (Å²) in [5, 5.41) is 18.7. The van der Waals surface area contributed by atoms with Gasteiger partial charge in [-0.05, 0) is 57.4 Å². The SMILES string of the molecule is C[C@H]1Cc2ccc(C#N)cc2C(C(=O)O)N1C(=O)OC(C)(C)C. The molecule has 2 rings (SSSR count). The molecule has 6 nitrogen and oxygen atoms in total. The van der Waals surface area contributed by atoms with Crippen LogP contribution in [0.3, 0.4) is 0 Å². The van der Waals surface area contributed by atoms with Crippen molar-refractivity contribution in [2.45, 2.75) is 51.8 Å². The number of carbonyl (C=O) groups excluding carboxylic acids is 1. The molecule has 0 fully saturated rings. The number of amides is 1. The zero-order valence-electron chi connectivity index (χ0n) is 13.7. The molecule has 0 aliphatic carbocycles. The fourth-order valence-corrected chi connectivity index (χ4v) is 2.78. The van der Waals surface area contributed by atoms with Crippen molar-refractivity contribution < 1.29 is 19.4 Å². The van der Waals surface area contributed by atoms with Crippen molar-refractivity contribution in [1.29, 1.82) is 5.26 Å². The van der Waals surface area contributed by atoms with Crippen LogP contribution in [0.4, 0.5) is 4.79 Å². The summed E-state index contributed by atoms with van der Waals surface area (Å²) in [4.78, 5) is 25.5. The second-order valence-corrected chi connectivity index (χ2v) is 6.71. The molecule has 23 heavy (non-hydrogen) atoms. The molecule has 2 atom stereocenters. The van der Waals surface area contributed by atoms with Crippen molar-refractivity contribution in [1.82, 2.24) is 4.90 Å². The normalized spacial score (nSPS) is 20.4. The third-order valence-corrected chi connectivity index (χ3v) is 3.68. The first-order chi connectivity index (χ1) is 10.6. The summed E-state index contributed by atoms with van der Waals surface area (Å²) in [7, 11) is 0. The van der Waals surface area contributed by atoms with Crippen molar-refractivity contribution in [2.24, 2.45) is 0 Å². The van der Waals surface area contributed by atoms with Crippen molar-refractivity contribution in [3.05, 3.63) is 34.9 Å². The zero-order chi connectivity index (χ0) is 17.4. The number of nitrogens with zero attached hydrogens (tertiary/aromatic N) is 2. The maximum Gasteiger partial charge on any atom is 0.411 e. The van der Waals surface area contributed by atoms with Crippen LogP contribution >= 0.6 is 0 Å². The first-order valence-electron chi connectivity index (χ1n) is 7.41. The van der Waals surface area contributed by atoms with Gasteiger partial charge in [0.05, 0.1) is 11.6 Å². The fraction of sp³-hybridized carbons (Fsp3) is 0.471. The number of carboxylic acids is 1. The van der Waals surface area contributed by atoms with E-state index in [1.807, 2.05) is 6.07 Å². The van der Waals surface area contributed by atoms with E-state index in [1.165, 1.54) is 11.0 Å². The third kappa shape index (κ3) is 3.45. The van der Waals surface area contributed by atoms with E-state index in [-0.39, 0.29) is 6.04 Å². The van der Waals surface area contributed by atoms with Gasteiger partial charge in [-0.15, -0.1) is 0 Å². The molecule has 1 unspecified atom stereocenters. The number of hydrogen-bond donors (Lipinski definition) is 1. The predicted octanol–water partition coefficient (Wildman–Crippen LogP) is 2.87. The molecule has 6 heteroatoms. The largest absolute Gasteiger partial charge is 0.479 e. The number of benzene rings is 1. The average Bonchev–Trinajstić information content (AvgIpc) is 2.43. The molecule has 0 saturated heterocycles. The highest BCUT2D eigenvalue weighted by atomic mass is 16.6. The van der Waals surface area contributed by atoms with E-state index >= 15 is 0 Å². The number of fused-ring (bicyclic) bond motifs is 1. The van der Waals surface area contributed by atoms with Crippen LogP contribution < -0.4 is 0 Å². The number of carboxylic acid groups (broad SMARTS) is 1. The molecular formula is C17H20N2O4. The molecule has 0 aromatic heterocycles. The highest BCUT2D eigenvalue weighted by Crippen LogP contribution is 2.35. The van der Waals surface area contributed by atoms with Crippen molar-refractivity contribution in [3.8, 4) is 6.07 Å². The maximum atomic E-state index is 12.5. The molecule has 0 spiro atoms. The van der Waals surface area contributed by atoms with Crippen molar-refractivity contribution >= 4 is 12.1 Å². The number of ether oxygens (including phenoxy) is 1. The highest BCUT2D eigenvalue weighted by molar-refractivity contribution is 5.83. The lowest BCUT2D eigenvalue weighted by molar-refractivity contribution is -0.144. The number of rotatable bonds is 1. The molecule has 1 heterocycles. The van der Waals surface area contributed by atoms with Gasteiger partial charge in [0.2, 0.25) is 0 Å². The Morgan fingerprint density at radius 2 is 2.04 bits per heavy atom. The molecule has 0 saturated carbocycles. The molecule has 0 radical (unpaired) electrons. The Kier molecular flexibility index (Phi) is 4.33. The van der Waals surface area contributed by atoms with Gasteiger partial charge >= 0.3 is 12.1 Å². The minimum Gasteiger partial charge on any atom is -0.479 e. The van der Waals surface area contributed by atoms with Crippen LogP contribution in [0, 0.1) is 11.3 Å². The molecule has 122 valence electrons. The van der Waals surface area contributed by atoms with Crippen LogP contribution in [0.5, 0.6) is 0 Å². The number of aliphatic carboxylic acids is 1. The topological polar surface area (TPSA) is 90.6 Å². The summed E-state index contributed by atoms with van der Waals surface area (Å²) >= 11 is 0. The van der Waals surface area contributed by atoms with Gasteiger partial charge < -0.3 is 9.84 Å². The Morgan fingerprint density at radius 1 is 1.39 bits per heavy atom. The van der Waals surface area contributed by atoms with Gasteiger partial charge in [0.15, 0.2) is 6.04 Å². The lowest BCUT2D eigenvalue weighted by atomic mass is 9.88. The van der Waals surface area contributed by atoms with E-state index < -0.39 is 23.7 Å². The van der Waals surface area contributed by atoms with Gasteiger partial charge in [-0.3, -0.25) is 4.90 Å². The van der Waals surface area contributed by atoms with Crippen molar-refractivity contribution in [2.75, 3.05) is 0 Å². The van der Waals surface area contributed by atoms with Crippen LogP contribution in [0.25, 0.3) is 0 Å². The molecule has 0 bridgehead atoms. The number of nitriles is 1. The quantitative estimate of drug-likeness (QED) is 0.860. The lowest BCUT2D eigenvalue weighted by Crippen LogP contribution is -2.50. The molecule has 1 aliphatic heterocycles. The van der Waals surface area contributed by atoms with Crippen molar-refractivity contribution in [3.63, 3.8) is 0 Å². The Hall–Kier alpha value is -2.55. The molecule has 1 amide bonds. The van der Waals surface area contributed by atoms with E-state index in [1.54, 1.807) is 39.8 Å². The molecule has 1 aliphatic rings. The second-order valence-electron chi connectivity index (χ2n) is 6.71. The predicted molar refractivity (Wildman–Crippen MR) is 82.8 cm³/mol. The zero-order valence-corrected chi connectivity index (χ0v) is 13.7. The van der Waals surface area contributed by atoms with Gasteiger partial charge in [-0.2, -0.15) is 5.26 Å². The van der Waals surface area contributed by atoms with Gasteiger partial charge in [0.25, 0.3) is 0 Å². The molecule has 1 aromatic carbocycles. The Morgan fingerprint density at radius 3 is 2.57 bits per heavy atom. The smallest absolute Gasteiger partial charge is 0.411 e. The molecule has 1 N–H and O–H groups in total. The summed E-state index contributed by atoms with van der Waals surface area (Å²) in [5.74, 6) is -1.14. The van der Waals surface area contributed by atoms with E-state index in [9.17, 15) is 14.7 Å². The lowest BCUT2D eigenvalue weighted by Gasteiger charge is -2.40. The maximum absolute atomic E-state index is 12.5. The van der Waals surface area contributed by atoms with Crippen LogP contribution in [-0.4, -0.2) is 33.7 Å². The van der Waals surface area contributed by atoms with Gasteiger partial charge in [-0.1, -0.05) is 6.07 Å². The van der Waals surface area contributed by atoms with E-state index in [0.717, 1.165) is 5.56 Å². The highest BCUT2D eigenvalue weighted by Gasteiger charge is 2.41. The van der Waals surface area contributed by atoms with Crippen LogP contribution in [0.2, 0.25) is 0 Å². The van der Waals surface area contributed by atoms with E-state index in [2.05, 4.69) is 0 Å². The molecular weight excluding hydrogens is 296 g/mol. The summed E-state index contributed by atoms with van der Waals surface area (Å²) in [6.45, 7) is 6.99. The standard InChI is InChI=1S/C17H20N2O4/c1-10-7-12-6-5-11(9-18)8-13(12)14(15(20)21)19(10)16(22)23-17(2,3)4/h5-6,8,10,14H,7H2,1-4H3,(H,20,21)/t10-,14?/m0/s1. The first kappa shape index (κ1) is 16.8. The fourth-order valence-electron chi connectivity index (χ4n) is 2.78. The van der Waals surface area contributed by atoms with Gasteiger partial charge in [0.1, 0.15) is 5.60 Å². The Balaban J connectivity index is 2.49. The minimum atomic E-state index is -1.16. The van der Waals surface area contributed by atoms with Crippen LogP contribution in [0.15, 0.2) is 18.2 Å². The Labute approximate surface area is 135 Å². The molecule has 1 aromatic rings. The Bertz CT molecular complexity index is 685. The first-order valence-corrected chi connectivity index (χ1v) is 7.41. The average molecular weight is 316 g/mol. The van der Waals surface area contributed by atoms with Gasteiger partial charge in [0, 0.05) is 6.04 Å². The number of hydrogen-bond acceptors (Lipinski definition) is 4.